The second-order valence-electron chi connectivity index (χ2n) is 6.58. The number of benzene rings is 1. The Morgan fingerprint density at radius 1 is 1.10 bits per heavy atom. The minimum absolute atomic E-state index is 0. The lowest BCUT2D eigenvalue weighted by Gasteiger charge is -2.16. The van der Waals surface area contributed by atoms with Gasteiger partial charge in [0.2, 0.25) is 5.95 Å². The fraction of sp³-hybridized carbons (Fsp3) is 0.450. The SMILES string of the molecule is CN=C(NCCNc1nccc(C(F)(F)F)n1)NCCC(C)c1ccc(OC)cc1.I. The molecule has 31 heavy (non-hydrogen) atoms. The van der Waals surface area contributed by atoms with Gasteiger partial charge in [0.15, 0.2) is 5.96 Å². The number of methoxy groups -OCH3 is 1. The Morgan fingerprint density at radius 2 is 1.77 bits per heavy atom. The Hall–Kier alpha value is -2.31. The first-order valence-corrected chi connectivity index (χ1v) is 9.56. The number of ether oxygens (including phenoxy) is 1. The maximum atomic E-state index is 12.7. The van der Waals surface area contributed by atoms with Crippen LogP contribution in [0.4, 0.5) is 19.1 Å². The van der Waals surface area contributed by atoms with Crippen molar-refractivity contribution in [3.8, 4) is 5.75 Å². The van der Waals surface area contributed by atoms with Crippen molar-refractivity contribution in [2.45, 2.75) is 25.4 Å². The van der Waals surface area contributed by atoms with Gasteiger partial charge in [0.05, 0.1) is 7.11 Å². The van der Waals surface area contributed by atoms with Crippen molar-refractivity contribution in [1.29, 1.82) is 0 Å². The largest absolute Gasteiger partial charge is 0.497 e. The van der Waals surface area contributed by atoms with Gasteiger partial charge in [-0.2, -0.15) is 13.2 Å². The average Bonchev–Trinajstić information content (AvgIpc) is 2.75. The van der Waals surface area contributed by atoms with Gasteiger partial charge in [0.1, 0.15) is 11.4 Å². The van der Waals surface area contributed by atoms with Crippen molar-refractivity contribution in [2.24, 2.45) is 4.99 Å². The molecule has 0 aliphatic heterocycles. The Balaban J connectivity index is 0.00000480. The lowest BCUT2D eigenvalue weighted by molar-refractivity contribution is -0.141. The first-order valence-electron chi connectivity index (χ1n) is 9.56. The molecule has 0 bridgehead atoms. The van der Waals surface area contributed by atoms with Crippen molar-refractivity contribution in [2.75, 3.05) is 39.1 Å². The van der Waals surface area contributed by atoms with Crippen LogP contribution in [-0.2, 0) is 6.18 Å². The van der Waals surface area contributed by atoms with Crippen LogP contribution in [0.5, 0.6) is 5.75 Å². The van der Waals surface area contributed by atoms with Crippen molar-refractivity contribution >= 4 is 35.9 Å². The van der Waals surface area contributed by atoms with Crippen molar-refractivity contribution in [3.05, 3.63) is 47.8 Å². The number of guanidine groups is 1. The molecule has 2 rings (SSSR count). The molecule has 0 spiro atoms. The summed E-state index contributed by atoms with van der Waals surface area (Å²) >= 11 is 0. The molecule has 0 saturated carbocycles. The van der Waals surface area contributed by atoms with Crippen LogP contribution in [-0.4, -0.2) is 49.7 Å². The highest BCUT2D eigenvalue weighted by molar-refractivity contribution is 14.0. The molecular formula is C20H28F3IN6O. The third-order valence-corrected chi connectivity index (χ3v) is 4.42. The molecule has 7 nitrogen and oxygen atoms in total. The van der Waals surface area contributed by atoms with E-state index in [1.807, 2.05) is 12.1 Å². The normalized spacial score (nSPS) is 12.5. The number of hydrogen-bond donors (Lipinski definition) is 3. The van der Waals surface area contributed by atoms with Gasteiger partial charge in [0, 0.05) is 32.9 Å². The number of alkyl halides is 3. The van der Waals surface area contributed by atoms with Crippen LogP contribution in [0.3, 0.4) is 0 Å². The molecule has 2 aromatic rings. The molecule has 0 amide bonds. The summed E-state index contributed by atoms with van der Waals surface area (Å²) in [5.41, 5.74) is 0.252. The molecule has 1 unspecified atom stereocenters. The van der Waals surface area contributed by atoms with Gasteiger partial charge >= 0.3 is 6.18 Å². The molecule has 0 fully saturated rings. The van der Waals surface area contributed by atoms with E-state index >= 15 is 0 Å². The highest BCUT2D eigenvalue weighted by atomic mass is 127. The number of aliphatic imine (C=N–C) groups is 1. The monoisotopic (exact) mass is 552 g/mol. The maximum absolute atomic E-state index is 12.7. The maximum Gasteiger partial charge on any atom is 0.433 e. The molecule has 0 aliphatic rings. The van der Waals surface area contributed by atoms with Gasteiger partial charge in [-0.25, -0.2) is 9.97 Å². The molecule has 11 heteroatoms. The van der Waals surface area contributed by atoms with E-state index in [1.54, 1.807) is 14.2 Å². The van der Waals surface area contributed by atoms with E-state index < -0.39 is 11.9 Å². The molecule has 3 N–H and O–H groups in total. The Morgan fingerprint density at radius 3 is 2.39 bits per heavy atom. The molecule has 1 aromatic carbocycles. The molecule has 0 saturated heterocycles. The van der Waals surface area contributed by atoms with Crippen molar-refractivity contribution in [1.82, 2.24) is 20.6 Å². The van der Waals surface area contributed by atoms with E-state index in [4.69, 9.17) is 4.74 Å². The molecule has 1 atom stereocenters. The van der Waals surface area contributed by atoms with E-state index in [0.717, 1.165) is 31.0 Å². The van der Waals surface area contributed by atoms with Crippen LogP contribution in [0, 0.1) is 0 Å². The van der Waals surface area contributed by atoms with Gasteiger partial charge in [0.25, 0.3) is 0 Å². The Bertz CT molecular complexity index is 817. The predicted molar refractivity (Wildman–Crippen MR) is 126 cm³/mol. The Labute approximate surface area is 197 Å². The number of halogens is 4. The summed E-state index contributed by atoms with van der Waals surface area (Å²) in [5.74, 6) is 1.74. The molecule has 1 aromatic heterocycles. The summed E-state index contributed by atoms with van der Waals surface area (Å²) in [6, 6.07) is 8.83. The van der Waals surface area contributed by atoms with Crippen LogP contribution in [0.2, 0.25) is 0 Å². The minimum atomic E-state index is -4.49. The van der Waals surface area contributed by atoms with Gasteiger partial charge in [-0.1, -0.05) is 19.1 Å². The van der Waals surface area contributed by atoms with E-state index in [0.29, 0.717) is 25.0 Å². The Kier molecular flexibility index (Phi) is 11.4. The lowest BCUT2D eigenvalue weighted by atomic mass is 9.98. The third-order valence-electron chi connectivity index (χ3n) is 4.42. The first kappa shape index (κ1) is 26.7. The first-order chi connectivity index (χ1) is 14.3. The quantitative estimate of drug-likeness (QED) is 0.190. The summed E-state index contributed by atoms with van der Waals surface area (Å²) in [6.07, 6.45) is -2.51. The van der Waals surface area contributed by atoms with E-state index in [-0.39, 0.29) is 29.9 Å². The predicted octanol–water partition coefficient (Wildman–Crippen LogP) is 3.89. The number of rotatable bonds is 9. The van der Waals surface area contributed by atoms with Crippen LogP contribution < -0.4 is 20.7 Å². The highest BCUT2D eigenvalue weighted by Crippen LogP contribution is 2.27. The van der Waals surface area contributed by atoms with Crippen molar-refractivity contribution < 1.29 is 17.9 Å². The van der Waals surface area contributed by atoms with Gasteiger partial charge in [-0.05, 0) is 36.1 Å². The standard InChI is InChI=1S/C20H27F3N6O.HI/c1-14(15-4-6-16(30-3)7-5-15)8-10-25-18(24-2)27-12-13-28-19-26-11-9-17(29-19)20(21,22)23;/h4-7,9,11,14H,8,10,12-13H2,1-3H3,(H2,24,25,27)(H,26,28,29);1H. The van der Waals surface area contributed by atoms with Crippen LogP contribution in [0.15, 0.2) is 41.5 Å². The summed E-state index contributed by atoms with van der Waals surface area (Å²) in [7, 11) is 3.30. The second kappa shape index (κ2) is 13.2. The highest BCUT2D eigenvalue weighted by Gasteiger charge is 2.32. The average molecular weight is 552 g/mol. The van der Waals surface area contributed by atoms with E-state index in [2.05, 4.69) is 50.0 Å². The molecular weight excluding hydrogens is 524 g/mol. The topological polar surface area (TPSA) is 83.5 Å². The molecule has 1 heterocycles. The minimum Gasteiger partial charge on any atom is -0.497 e. The third kappa shape index (κ3) is 9.15. The van der Waals surface area contributed by atoms with E-state index in [9.17, 15) is 13.2 Å². The van der Waals surface area contributed by atoms with Gasteiger partial charge < -0.3 is 20.7 Å². The van der Waals surface area contributed by atoms with E-state index in [1.165, 1.54) is 5.56 Å². The molecule has 0 aliphatic carbocycles. The number of anilines is 1. The number of hydrogen-bond acceptors (Lipinski definition) is 5. The zero-order valence-corrected chi connectivity index (χ0v) is 20.0. The summed E-state index contributed by atoms with van der Waals surface area (Å²) in [4.78, 5) is 11.4. The van der Waals surface area contributed by atoms with Gasteiger partial charge in [-0.3, -0.25) is 4.99 Å². The number of aromatic nitrogens is 2. The summed E-state index contributed by atoms with van der Waals surface area (Å²) in [6.45, 7) is 3.65. The van der Waals surface area contributed by atoms with Crippen LogP contribution in [0.1, 0.15) is 30.5 Å². The molecule has 0 radical (unpaired) electrons. The fourth-order valence-corrected chi connectivity index (χ4v) is 2.68. The summed E-state index contributed by atoms with van der Waals surface area (Å²) in [5, 5.41) is 9.09. The van der Waals surface area contributed by atoms with Crippen LogP contribution >= 0.6 is 24.0 Å². The van der Waals surface area contributed by atoms with Crippen molar-refractivity contribution in [3.63, 3.8) is 0 Å². The summed E-state index contributed by atoms with van der Waals surface area (Å²) < 4.78 is 43.2. The number of nitrogens with zero attached hydrogens (tertiary/aromatic N) is 3. The number of nitrogens with one attached hydrogen (secondary N) is 3. The zero-order valence-electron chi connectivity index (χ0n) is 17.7. The second-order valence-corrected chi connectivity index (χ2v) is 6.58. The fourth-order valence-electron chi connectivity index (χ4n) is 2.68. The molecule has 172 valence electrons. The smallest absolute Gasteiger partial charge is 0.433 e. The zero-order chi connectivity index (χ0) is 22.0. The van der Waals surface area contributed by atoms with Gasteiger partial charge in [-0.15, -0.1) is 24.0 Å². The van der Waals surface area contributed by atoms with Crippen LogP contribution in [0.25, 0.3) is 0 Å². The lowest BCUT2D eigenvalue weighted by Crippen LogP contribution is -2.40.